The van der Waals surface area contributed by atoms with Crippen molar-refractivity contribution in [1.82, 2.24) is 14.5 Å². The number of nitrogens with one attached hydrogen (secondary N) is 1. The van der Waals surface area contributed by atoms with E-state index >= 15 is 0 Å². The molecule has 0 atom stereocenters. The van der Waals surface area contributed by atoms with Crippen molar-refractivity contribution in [2.45, 2.75) is 30.9 Å². The molecule has 8 nitrogen and oxygen atoms in total. The molecular formula is C25H30N4O4S. The minimum absolute atomic E-state index is 0.0408. The predicted octanol–water partition coefficient (Wildman–Crippen LogP) is 4.03. The van der Waals surface area contributed by atoms with Crippen molar-refractivity contribution in [1.29, 1.82) is 0 Å². The number of sulfone groups is 1. The van der Waals surface area contributed by atoms with E-state index in [1.54, 1.807) is 46.9 Å². The molecule has 1 heterocycles. The number of rotatable bonds is 11. The zero-order chi connectivity index (χ0) is 24.6. The molecule has 180 valence electrons. The number of carbonyl (C=O) groups excluding carboxylic acids is 1. The van der Waals surface area contributed by atoms with Gasteiger partial charge in [-0.15, -0.1) is 6.58 Å². The summed E-state index contributed by atoms with van der Waals surface area (Å²) >= 11 is 0. The van der Waals surface area contributed by atoms with Gasteiger partial charge in [0.1, 0.15) is 0 Å². The van der Waals surface area contributed by atoms with Gasteiger partial charge in [0.05, 0.1) is 30.8 Å². The molecule has 0 unspecified atom stereocenters. The monoisotopic (exact) mass is 482 g/mol. The van der Waals surface area contributed by atoms with Crippen molar-refractivity contribution in [3.63, 3.8) is 0 Å². The quantitative estimate of drug-likeness (QED) is 0.417. The van der Waals surface area contributed by atoms with Gasteiger partial charge in [0.15, 0.2) is 0 Å². The summed E-state index contributed by atoms with van der Waals surface area (Å²) in [5.74, 6) is -0.165. The molecule has 0 aliphatic heterocycles. The van der Waals surface area contributed by atoms with E-state index in [4.69, 9.17) is 4.74 Å². The first-order valence-electron chi connectivity index (χ1n) is 10.9. The zero-order valence-corrected chi connectivity index (χ0v) is 20.3. The number of imidazole rings is 1. The number of hydrogen-bond donors (Lipinski definition) is 1. The number of urea groups is 1. The fourth-order valence-corrected chi connectivity index (χ4v) is 4.97. The molecular weight excluding hydrogens is 452 g/mol. The first-order chi connectivity index (χ1) is 16.3. The van der Waals surface area contributed by atoms with Gasteiger partial charge in [0.2, 0.25) is 15.0 Å². The Kier molecular flexibility index (Phi) is 8.61. The lowest BCUT2D eigenvalue weighted by molar-refractivity contribution is 0.181. The first-order valence-corrected chi connectivity index (χ1v) is 12.5. The minimum Gasteiger partial charge on any atom is -0.383 e. The molecule has 34 heavy (non-hydrogen) atoms. The Morgan fingerprint density at radius 3 is 2.53 bits per heavy atom. The topological polar surface area (TPSA) is 93.5 Å². The van der Waals surface area contributed by atoms with Crippen LogP contribution in [-0.4, -0.2) is 49.2 Å². The molecule has 0 bridgehead atoms. The summed E-state index contributed by atoms with van der Waals surface area (Å²) in [6.07, 6.45) is 3.13. The Balaban J connectivity index is 1.86. The molecule has 0 aliphatic carbocycles. The van der Waals surface area contributed by atoms with Crippen LogP contribution in [0, 0.1) is 6.92 Å². The highest BCUT2D eigenvalue weighted by Crippen LogP contribution is 2.19. The number of nitrogens with zero attached hydrogens (tertiary/aromatic N) is 3. The molecule has 1 aromatic heterocycles. The van der Waals surface area contributed by atoms with Gasteiger partial charge in [0.25, 0.3) is 0 Å². The smallest absolute Gasteiger partial charge is 0.322 e. The van der Waals surface area contributed by atoms with Gasteiger partial charge in [-0.05, 0) is 24.6 Å². The van der Waals surface area contributed by atoms with Crippen LogP contribution < -0.4 is 5.32 Å². The summed E-state index contributed by atoms with van der Waals surface area (Å²) < 4.78 is 33.2. The van der Waals surface area contributed by atoms with Crippen LogP contribution in [0.1, 0.15) is 16.8 Å². The second kappa shape index (κ2) is 11.6. The number of aryl methyl sites for hydroxylation is 1. The first kappa shape index (κ1) is 25.2. The number of carbonyl (C=O) groups is 1. The van der Waals surface area contributed by atoms with E-state index in [0.717, 1.165) is 5.56 Å². The lowest BCUT2D eigenvalue weighted by atomic mass is 10.2. The molecule has 0 aliphatic rings. The van der Waals surface area contributed by atoms with Gasteiger partial charge in [-0.3, -0.25) is 0 Å². The molecule has 2 aromatic carbocycles. The normalized spacial score (nSPS) is 11.2. The highest BCUT2D eigenvalue weighted by atomic mass is 32.2. The number of hydrogen-bond acceptors (Lipinski definition) is 5. The maximum absolute atomic E-state index is 13.2. The molecule has 3 aromatic rings. The van der Waals surface area contributed by atoms with E-state index in [-0.39, 0.29) is 36.6 Å². The fourth-order valence-electron chi connectivity index (χ4n) is 3.46. The third-order valence-electron chi connectivity index (χ3n) is 5.19. The summed E-state index contributed by atoms with van der Waals surface area (Å²) in [5, 5.41) is 2.83. The van der Waals surface area contributed by atoms with Crippen molar-refractivity contribution in [2.75, 3.05) is 25.6 Å². The lowest BCUT2D eigenvalue weighted by Gasteiger charge is -2.23. The third-order valence-corrected chi connectivity index (χ3v) is 6.79. The molecule has 0 fully saturated rings. The van der Waals surface area contributed by atoms with Gasteiger partial charge >= 0.3 is 6.03 Å². The maximum atomic E-state index is 13.2. The summed E-state index contributed by atoms with van der Waals surface area (Å²) in [6, 6.07) is 16.1. The fraction of sp³-hybridized carbons (Fsp3) is 0.280. The van der Waals surface area contributed by atoms with E-state index < -0.39 is 9.84 Å². The third kappa shape index (κ3) is 6.55. The van der Waals surface area contributed by atoms with Crippen LogP contribution in [0.2, 0.25) is 0 Å². The summed E-state index contributed by atoms with van der Waals surface area (Å²) in [7, 11) is -2.17. The number of benzene rings is 2. The van der Waals surface area contributed by atoms with Crippen molar-refractivity contribution >= 4 is 21.6 Å². The maximum Gasteiger partial charge on any atom is 0.322 e. The van der Waals surface area contributed by atoms with Gasteiger partial charge in [-0.25, -0.2) is 18.2 Å². The molecule has 9 heteroatoms. The van der Waals surface area contributed by atoms with E-state index in [2.05, 4.69) is 16.9 Å². The van der Waals surface area contributed by atoms with Crippen LogP contribution >= 0.6 is 0 Å². The Bertz CT molecular complexity index is 1210. The van der Waals surface area contributed by atoms with Crippen molar-refractivity contribution < 1.29 is 17.9 Å². The van der Waals surface area contributed by atoms with E-state index in [1.165, 1.54) is 6.20 Å². The number of amides is 2. The molecule has 3 rings (SSSR count). The van der Waals surface area contributed by atoms with Crippen molar-refractivity contribution in [3.05, 3.63) is 90.3 Å². The molecule has 2 amide bonds. The second-order valence-corrected chi connectivity index (χ2v) is 9.77. The standard InChI is InChI=1S/C25H30N4O4S/c1-4-14-28(24(30)27-22-12-10-20(2)11-13-22)18-23-17-26-25(29(23)15-16-33-3)34(31,32)19-21-8-6-5-7-9-21/h4-13,17H,1,14-16,18-19H2,2-3H3,(H,27,30). The lowest BCUT2D eigenvalue weighted by Crippen LogP contribution is -2.35. The largest absolute Gasteiger partial charge is 0.383 e. The Hall–Kier alpha value is -3.43. The van der Waals surface area contributed by atoms with Crippen LogP contribution in [0.15, 0.2) is 78.6 Å². The van der Waals surface area contributed by atoms with Gasteiger partial charge < -0.3 is 19.5 Å². The van der Waals surface area contributed by atoms with Crippen LogP contribution in [0.3, 0.4) is 0 Å². The average Bonchev–Trinajstić information content (AvgIpc) is 3.22. The van der Waals surface area contributed by atoms with Crippen LogP contribution in [0.25, 0.3) is 0 Å². The van der Waals surface area contributed by atoms with Gasteiger partial charge in [-0.1, -0.05) is 54.1 Å². The predicted molar refractivity (Wildman–Crippen MR) is 132 cm³/mol. The molecule has 0 radical (unpaired) electrons. The molecule has 0 spiro atoms. The van der Waals surface area contributed by atoms with Gasteiger partial charge in [-0.2, -0.15) is 0 Å². The minimum atomic E-state index is -3.72. The second-order valence-electron chi connectivity index (χ2n) is 7.89. The van der Waals surface area contributed by atoms with E-state index in [9.17, 15) is 13.2 Å². The van der Waals surface area contributed by atoms with Crippen molar-refractivity contribution in [2.24, 2.45) is 0 Å². The highest BCUT2D eigenvalue weighted by molar-refractivity contribution is 7.90. The number of methoxy groups -OCH3 is 1. The highest BCUT2D eigenvalue weighted by Gasteiger charge is 2.25. The summed E-state index contributed by atoms with van der Waals surface area (Å²) in [4.78, 5) is 18.7. The van der Waals surface area contributed by atoms with E-state index in [0.29, 0.717) is 23.6 Å². The Morgan fingerprint density at radius 1 is 1.18 bits per heavy atom. The van der Waals surface area contributed by atoms with Crippen LogP contribution in [-0.2, 0) is 33.4 Å². The Morgan fingerprint density at radius 2 is 1.88 bits per heavy atom. The van der Waals surface area contributed by atoms with E-state index in [1.807, 2.05) is 37.3 Å². The average molecular weight is 483 g/mol. The van der Waals surface area contributed by atoms with Crippen LogP contribution in [0.4, 0.5) is 10.5 Å². The molecule has 1 N–H and O–H groups in total. The van der Waals surface area contributed by atoms with Crippen LogP contribution in [0.5, 0.6) is 0 Å². The SMILES string of the molecule is C=CCN(Cc1cnc(S(=O)(=O)Cc2ccccc2)n1CCOC)C(=O)Nc1ccc(C)cc1. The number of anilines is 1. The van der Waals surface area contributed by atoms with Gasteiger partial charge in [0, 0.05) is 25.9 Å². The summed E-state index contributed by atoms with van der Waals surface area (Å²) in [6.45, 7) is 6.74. The molecule has 0 saturated heterocycles. The Labute approximate surface area is 200 Å². The number of aromatic nitrogens is 2. The number of ether oxygens (including phenoxy) is 1. The summed E-state index contributed by atoms with van der Waals surface area (Å²) in [5.41, 5.74) is 3.02. The zero-order valence-electron chi connectivity index (χ0n) is 19.5. The molecule has 0 saturated carbocycles. The van der Waals surface area contributed by atoms with Crippen molar-refractivity contribution in [3.8, 4) is 0 Å².